The van der Waals surface area contributed by atoms with E-state index in [-0.39, 0.29) is 11.2 Å². The molecule has 2 aromatic rings. The fraction of sp³-hybridized carbons (Fsp3) is 0.476. The smallest absolute Gasteiger partial charge is 0.227 e. The number of halogens is 2. The van der Waals surface area contributed by atoms with E-state index in [1.165, 1.54) is 0 Å². The lowest BCUT2D eigenvalue weighted by atomic mass is 9.73. The highest BCUT2D eigenvalue weighted by Crippen LogP contribution is 2.47. The number of allylic oxidation sites excluding steroid dienone is 2. The van der Waals surface area contributed by atoms with Crippen molar-refractivity contribution in [1.29, 1.82) is 0 Å². The molecule has 1 N–H and O–H groups in total. The Balaban J connectivity index is 1.82. The van der Waals surface area contributed by atoms with Gasteiger partial charge >= 0.3 is 0 Å². The first kappa shape index (κ1) is 20.8. The number of unbranched alkanes of at least 4 members (excludes halogenated alkanes) is 1. The van der Waals surface area contributed by atoms with Crippen molar-refractivity contribution in [3.63, 3.8) is 0 Å². The predicted octanol–water partition coefficient (Wildman–Crippen LogP) is 6.14. The van der Waals surface area contributed by atoms with E-state index in [9.17, 15) is 4.79 Å². The molecular formula is C21H24Cl2N4OS. The van der Waals surface area contributed by atoms with Crippen molar-refractivity contribution in [2.24, 2.45) is 5.41 Å². The number of fused-ring (bicyclic) bond motifs is 1. The Labute approximate surface area is 185 Å². The number of hydrogen-bond donors (Lipinski definition) is 1. The van der Waals surface area contributed by atoms with Crippen LogP contribution < -0.4 is 5.32 Å². The molecule has 1 aromatic carbocycles. The van der Waals surface area contributed by atoms with Crippen LogP contribution in [0.15, 0.2) is 34.6 Å². The van der Waals surface area contributed by atoms with Crippen molar-refractivity contribution in [3.8, 4) is 0 Å². The molecule has 29 heavy (non-hydrogen) atoms. The van der Waals surface area contributed by atoms with Crippen molar-refractivity contribution in [2.45, 2.75) is 57.7 Å². The summed E-state index contributed by atoms with van der Waals surface area (Å²) in [4.78, 5) is 17.9. The topological polar surface area (TPSA) is 59.8 Å². The highest BCUT2D eigenvalue weighted by Gasteiger charge is 2.42. The zero-order chi connectivity index (χ0) is 20.8. The molecule has 8 heteroatoms. The van der Waals surface area contributed by atoms with E-state index in [0.717, 1.165) is 41.8 Å². The van der Waals surface area contributed by atoms with E-state index >= 15 is 0 Å². The summed E-state index contributed by atoms with van der Waals surface area (Å²) in [5.74, 6) is 1.75. The lowest BCUT2D eigenvalue weighted by Crippen LogP contribution is -2.36. The lowest BCUT2D eigenvalue weighted by molar-refractivity contribution is -0.118. The number of Topliss-reactive ketones (excluding diaryl/α,β-unsaturated/α-hetero) is 1. The number of aromatic nitrogens is 3. The Morgan fingerprint density at radius 1 is 1.31 bits per heavy atom. The SMILES string of the molecule is CCCCSc1nc2n(n1)[C@@H](c1ccc(Cl)cc1Cl)C1=C(CC(C)(C)CC1=O)N2. The summed E-state index contributed by atoms with van der Waals surface area (Å²) < 4.78 is 1.80. The Morgan fingerprint density at radius 3 is 2.83 bits per heavy atom. The zero-order valence-electron chi connectivity index (χ0n) is 16.8. The van der Waals surface area contributed by atoms with Gasteiger partial charge in [-0.1, -0.05) is 68.2 Å². The fourth-order valence-electron chi connectivity index (χ4n) is 3.97. The molecule has 0 bridgehead atoms. The first-order chi connectivity index (χ1) is 13.8. The van der Waals surface area contributed by atoms with Gasteiger partial charge in [0.2, 0.25) is 11.1 Å². The van der Waals surface area contributed by atoms with Gasteiger partial charge in [0.25, 0.3) is 0 Å². The Morgan fingerprint density at radius 2 is 2.10 bits per heavy atom. The molecule has 0 saturated carbocycles. The maximum absolute atomic E-state index is 13.2. The summed E-state index contributed by atoms with van der Waals surface area (Å²) in [6.45, 7) is 6.40. The fourth-order valence-corrected chi connectivity index (χ4v) is 5.39. The third-order valence-electron chi connectivity index (χ3n) is 5.30. The van der Waals surface area contributed by atoms with Crippen LogP contribution >= 0.6 is 35.0 Å². The minimum Gasteiger partial charge on any atom is -0.328 e. The van der Waals surface area contributed by atoms with Crippen LogP contribution in [0.4, 0.5) is 5.95 Å². The number of anilines is 1. The highest BCUT2D eigenvalue weighted by atomic mass is 35.5. The van der Waals surface area contributed by atoms with Crippen LogP contribution in [0.2, 0.25) is 10.0 Å². The Bertz CT molecular complexity index is 999. The number of carbonyl (C=O) groups excluding carboxylic acids is 1. The van der Waals surface area contributed by atoms with Gasteiger partial charge in [-0.25, -0.2) is 4.68 Å². The van der Waals surface area contributed by atoms with Gasteiger partial charge in [-0.05, 0) is 30.4 Å². The monoisotopic (exact) mass is 450 g/mol. The number of carbonyl (C=O) groups is 1. The maximum atomic E-state index is 13.2. The van der Waals surface area contributed by atoms with E-state index in [4.69, 9.17) is 33.3 Å². The van der Waals surface area contributed by atoms with Crippen LogP contribution in [0, 0.1) is 5.41 Å². The van der Waals surface area contributed by atoms with Crippen molar-refractivity contribution < 1.29 is 4.79 Å². The number of benzene rings is 1. The van der Waals surface area contributed by atoms with Crippen LogP contribution in [-0.4, -0.2) is 26.3 Å². The van der Waals surface area contributed by atoms with Crippen LogP contribution in [0.3, 0.4) is 0 Å². The molecule has 154 valence electrons. The van der Waals surface area contributed by atoms with Crippen molar-refractivity contribution in [1.82, 2.24) is 14.8 Å². The molecule has 1 aliphatic carbocycles. The molecule has 2 aliphatic rings. The second-order valence-electron chi connectivity index (χ2n) is 8.39. The molecule has 1 atom stereocenters. The van der Waals surface area contributed by atoms with E-state index in [1.54, 1.807) is 28.6 Å². The third kappa shape index (κ3) is 4.07. The highest BCUT2D eigenvalue weighted by molar-refractivity contribution is 7.99. The summed E-state index contributed by atoms with van der Waals surface area (Å²) in [6.07, 6.45) is 3.51. The van der Waals surface area contributed by atoms with Crippen molar-refractivity contribution in [2.75, 3.05) is 11.1 Å². The summed E-state index contributed by atoms with van der Waals surface area (Å²) in [5.41, 5.74) is 2.37. The number of ketones is 1. The summed E-state index contributed by atoms with van der Waals surface area (Å²) >= 11 is 14.3. The molecular weight excluding hydrogens is 427 g/mol. The molecule has 2 heterocycles. The largest absolute Gasteiger partial charge is 0.328 e. The molecule has 0 unspecified atom stereocenters. The minimum atomic E-state index is -0.400. The maximum Gasteiger partial charge on any atom is 0.227 e. The van der Waals surface area contributed by atoms with Gasteiger partial charge in [-0.15, -0.1) is 5.10 Å². The molecule has 0 amide bonds. The van der Waals surface area contributed by atoms with Crippen molar-refractivity contribution in [3.05, 3.63) is 45.1 Å². The summed E-state index contributed by atoms with van der Waals surface area (Å²) in [5, 5.41) is 9.92. The average Bonchev–Trinajstić information content (AvgIpc) is 3.02. The molecule has 1 aromatic heterocycles. The van der Waals surface area contributed by atoms with Crippen molar-refractivity contribution >= 4 is 46.7 Å². The van der Waals surface area contributed by atoms with Gasteiger partial charge in [0.05, 0.1) is 0 Å². The van der Waals surface area contributed by atoms with E-state index in [1.807, 2.05) is 6.07 Å². The van der Waals surface area contributed by atoms with Crippen LogP contribution in [0.25, 0.3) is 0 Å². The predicted molar refractivity (Wildman–Crippen MR) is 119 cm³/mol. The summed E-state index contributed by atoms with van der Waals surface area (Å²) in [6, 6.07) is 5.00. The van der Waals surface area contributed by atoms with Gasteiger partial charge in [-0.3, -0.25) is 4.79 Å². The number of rotatable bonds is 5. The molecule has 0 fully saturated rings. The van der Waals surface area contributed by atoms with Crippen LogP contribution in [0.5, 0.6) is 0 Å². The van der Waals surface area contributed by atoms with Gasteiger partial charge in [0.1, 0.15) is 6.04 Å². The second-order valence-corrected chi connectivity index (χ2v) is 10.3. The number of nitrogens with one attached hydrogen (secondary N) is 1. The van der Waals surface area contributed by atoms with Gasteiger partial charge in [-0.2, -0.15) is 4.98 Å². The Kier molecular flexibility index (Phi) is 5.70. The average molecular weight is 451 g/mol. The zero-order valence-corrected chi connectivity index (χ0v) is 19.1. The molecule has 1 aliphatic heterocycles. The van der Waals surface area contributed by atoms with Crippen LogP contribution in [-0.2, 0) is 4.79 Å². The second kappa shape index (κ2) is 7.97. The third-order valence-corrected chi connectivity index (χ3v) is 6.78. The van der Waals surface area contributed by atoms with E-state index < -0.39 is 6.04 Å². The Hall–Kier alpha value is -1.50. The van der Waals surface area contributed by atoms with Gasteiger partial charge in [0.15, 0.2) is 5.78 Å². The molecule has 0 saturated heterocycles. The number of hydrogen-bond acceptors (Lipinski definition) is 5. The number of thioether (sulfide) groups is 1. The first-order valence-electron chi connectivity index (χ1n) is 9.86. The van der Waals surface area contributed by atoms with Gasteiger partial charge < -0.3 is 5.32 Å². The first-order valence-corrected chi connectivity index (χ1v) is 11.6. The normalized spacial score (nSPS) is 20.3. The number of nitrogens with zero attached hydrogens (tertiary/aromatic N) is 3. The molecule has 0 spiro atoms. The van der Waals surface area contributed by atoms with E-state index in [2.05, 4.69) is 26.1 Å². The molecule has 4 rings (SSSR count). The van der Waals surface area contributed by atoms with Gasteiger partial charge in [0, 0.05) is 39.1 Å². The van der Waals surface area contributed by atoms with Crippen LogP contribution in [0.1, 0.15) is 58.1 Å². The minimum absolute atomic E-state index is 0.0991. The molecule has 5 nitrogen and oxygen atoms in total. The lowest BCUT2D eigenvalue weighted by Gasteiger charge is -2.38. The van der Waals surface area contributed by atoms with E-state index in [0.29, 0.717) is 27.6 Å². The molecule has 0 radical (unpaired) electrons. The standard InChI is InChI=1S/C21H24Cl2N4OS/c1-4-5-8-29-20-25-19-24-15-10-21(2,3)11-16(28)17(15)18(27(19)26-20)13-7-6-12(22)9-14(13)23/h6-7,9,18H,4-5,8,10-11H2,1-3H3,(H,24,25,26)/t18-/m0/s1. The quantitative estimate of drug-likeness (QED) is 0.437. The summed E-state index contributed by atoms with van der Waals surface area (Å²) in [7, 11) is 0.